The number of nitrogens with zero attached hydrogens (tertiary/aromatic N) is 2. The second-order valence-electron chi connectivity index (χ2n) is 3.80. The largest absolute Gasteiger partial charge is 0.398 e. The van der Waals surface area contributed by atoms with E-state index in [2.05, 4.69) is 22.1 Å². The molecule has 0 radical (unpaired) electrons. The van der Waals surface area contributed by atoms with Crippen molar-refractivity contribution in [3.05, 3.63) is 30.1 Å². The van der Waals surface area contributed by atoms with E-state index in [1.54, 1.807) is 0 Å². The van der Waals surface area contributed by atoms with Crippen LogP contribution in [0, 0.1) is 0 Å². The summed E-state index contributed by atoms with van der Waals surface area (Å²) in [5, 5.41) is 7.13. The number of para-hydroxylation sites is 1. The number of nitrogens with two attached hydrogens (primary N) is 1. The number of anilines is 1. The van der Waals surface area contributed by atoms with Gasteiger partial charge in [0.15, 0.2) is 5.82 Å². The van der Waals surface area contributed by atoms with E-state index in [-0.39, 0.29) is 0 Å². The van der Waals surface area contributed by atoms with Crippen molar-refractivity contribution in [1.82, 2.24) is 15.2 Å². The maximum Gasteiger partial charge on any atom is 0.183 e. The summed E-state index contributed by atoms with van der Waals surface area (Å²) < 4.78 is 0. The zero-order valence-corrected chi connectivity index (χ0v) is 9.40. The quantitative estimate of drug-likeness (QED) is 0.771. The molecule has 1 aromatic carbocycles. The highest BCUT2D eigenvalue weighted by molar-refractivity contribution is 5.70. The van der Waals surface area contributed by atoms with Gasteiger partial charge in [-0.05, 0) is 18.6 Å². The third kappa shape index (κ3) is 2.21. The van der Waals surface area contributed by atoms with Gasteiger partial charge in [0.1, 0.15) is 5.82 Å². The minimum Gasteiger partial charge on any atom is -0.398 e. The topological polar surface area (TPSA) is 67.6 Å². The number of aromatic nitrogens is 3. The van der Waals surface area contributed by atoms with Crippen LogP contribution >= 0.6 is 0 Å². The molecule has 0 aliphatic carbocycles. The molecule has 0 aliphatic rings. The second-order valence-corrected chi connectivity index (χ2v) is 3.80. The third-order valence-electron chi connectivity index (χ3n) is 2.50. The summed E-state index contributed by atoms with van der Waals surface area (Å²) in [7, 11) is 0. The Morgan fingerprint density at radius 2 is 2.12 bits per heavy atom. The maximum atomic E-state index is 5.87. The smallest absolute Gasteiger partial charge is 0.183 e. The highest BCUT2D eigenvalue weighted by Crippen LogP contribution is 2.21. The molecule has 0 amide bonds. The van der Waals surface area contributed by atoms with Gasteiger partial charge in [-0.15, -0.1) is 0 Å². The number of benzene rings is 1. The molecule has 84 valence electrons. The Balaban J connectivity index is 2.22. The van der Waals surface area contributed by atoms with Crippen molar-refractivity contribution >= 4 is 5.69 Å². The molecule has 0 fully saturated rings. The van der Waals surface area contributed by atoms with Gasteiger partial charge in [-0.3, -0.25) is 5.10 Å². The van der Waals surface area contributed by atoms with Crippen molar-refractivity contribution in [2.24, 2.45) is 0 Å². The molecule has 0 bridgehead atoms. The number of nitrogens with one attached hydrogen (secondary N) is 1. The molecule has 2 aromatic rings. The van der Waals surface area contributed by atoms with E-state index in [1.807, 2.05) is 24.3 Å². The first kappa shape index (κ1) is 10.7. The Labute approximate surface area is 94.9 Å². The number of hydrogen-bond donors (Lipinski definition) is 2. The number of unbranched alkanes of at least 4 members (excludes halogenated alkanes) is 1. The van der Waals surface area contributed by atoms with Gasteiger partial charge >= 0.3 is 0 Å². The second kappa shape index (κ2) is 4.79. The van der Waals surface area contributed by atoms with Crippen LogP contribution in [0.25, 0.3) is 11.4 Å². The minimum atomic E-state index is 0.684. The monoisotopic (exact) mass is 216 g/mol. The summed E-state index contributed by atoms with van der Waals surface area (Å²) in [5.41, 5.74) is 7.47. The van der Waals surface area contributed by atoms with Crippen LogP contribution in [0.3, 0.4) is 0 Å². The molecule has 1 heterocycles. The van der Waals surface area contributed by atoms with Crippen LogP contribution in [-0.4, -0.2) is 15.2 Å². The first-order chi connectivity index (χ1) is 7.81. The average Bonchev–Trinajstić information content (AvgIpc) is 2.75. The Morgan fingerprint density at radius 3 is 2.88 bits per heavy atom. The first-order valence-electron chi connectivity index (χ1n) is 5.57. The Bertz CT molecular complexity index is 462. The van der Waals surface area contributed by atoms with E-state index in [0.29, 0.717) is 11.5 Å². The van der Waals surface area contributed by atoms with Crippen molar-refractivity contribution in [2.45, 2.75) is 26.2 Å². The molecule has 0 saturated heterocycles. The third-order valence-corrected chi connectivity index (χ3v) is 2.50. The predicted molar refractivity (Wildman–Crippen MR) is 64.8 cm³/mol. The molecular weight excluding hydrogens is 200 g/mol. The number of aryl methyl sites for hydroxylation is 1. The molecule has 0 saturated carbocycles. The van der Waals surface area contributed by atoms with Crippen molar-refractivity contribution < 1.29 is 0 Å². The summed E-state index contributed by atoms with van der Waals surface area (Å²) in [4.78, 5) is 4.43. The van der Waals surface area contributed by atoms with Gasteiger partial charge in [-0.2, -0.15) is 5.10 Å². The SMILES string of the molecule is CCCCc1nc(-c2ccccc2N)n[nH]1. The molecule has 4 heteroatoms. The van der Waals surface area contributed by atoms with Gasteiger partial charge in [0, 0.05) is 17.7 Å². The van der Waals surface area contributed by atoms with E-state index in [4.69, 9.17) is 5.73 Å². The lowest BCUT2D eigenvalue weighted by atomic mass is 10.2. The van der Waals surface area contributed by atoms with Crippen LogP contribution in [0.15, 0.2) is 24.3 Å². The Hall–Kier alpha value is -1.84. The van der Waals surface area contributed by atoms with Gasteiger partial charge in [0.25, 0.3) is 0 Å². The molecule has 0 spiro atoms. The van der Waals surface area contributed by atoms with Gasteiger partial charge in [-0.25, -0.2) is 4.98 Å². The maximum absolute atomic E-state index is 5.87. The lowest BCUT2D eigenvalue weighted by Gasteiger charge is -1.98. The van der Waals surface area contributed by atoms with Crippen molar-refractivity contribution in [3.63, 3.8) is 0 Å². The highest BCUT2D eigenvalue weighted by atomic mass is 15.2. The zero-order chi connectivity index (χ0) is 11.4. The summed E-state index contributed by atoms with van der Waals surface area (Å²) in [6, 6.07) is 7.64. The highest BCUT2D eigenvalue weighted by Gasteiger charge is 2.07. The van der Waals surface area contributed by atoms with Crippen LogP contribution in [0.4, 0.5) is 5.69 Å². The fraction of sp³-hybridized carbons (Fsp3) is 0.333. The minimum absolute atomic E-state index is 0.684. The van der Waals surface area contributed by atoms with E-state index in [0.717, 1.165) is 30.7 Å². The van der Waals surface area contributed by atoms with E-state index in [1.165, 1.54) is 0 Å². The molecule has 0 aliphatic heterocycles. The molecule has 0 unspecified atom stereocenters. The fourth-order valence-electron chi connectivity index (χ4n) is 1.57. The molecule has 0 atom stereocenters. The summed E-state index contributed by atoms with van der Waals surface area (Å²) in [6.45, 7) is 2.16. The number of hydrogen-bond acceptors (Lipinski definition) is 3. The van der Waals surface area contributed by atoms with Crippen LogP contribution in [-0.2, 0) is 6.42 Å². The summed E-state index contributed by atoms with van der Waals surface area (Å²) in [5.74, 6) is 1.62. The Kier molecular flexibility index (Phi) is 3.19. The molecule has 2 rings (SSSR count). The standard InChI is InChI=1S/C12H16N4/c1-2-3-8-11-14-12(16-15-11)9-6-4-5-7-10(9)13/h4-7H,2-3,8,13H2,1H3,(H,14,15,16). The van der Waals surface area contributed by atoms with Gasteiger partial charge in [-0.1, -0.05) is 25.5 Å². The number of H-pyrrole nitrogens is 1. The normalized spacial score (nSPS) is 10.6. The van der Waals surface area contributed by atoms with Gasteiger partial charge in [0.2, 0.25) is 0 Å². The Morgan fingerprint density at radius 1 is 1.31 bits per heavy atom. The van der Waals surface area contributed by atoms with Crippen LogP contribution in [0.1, 0.15) is 25.6 Å². The number of aromatic amines is 1. The van der Waals surface area contributed by atoms with Gasteiger partial charge in [0.05, 0.1) is 0 Å². The molecule has 16 heavy (non-hydrogen) atoms. The predicted octanol–water partition coefficient (Wildman–Crippen LogP) is 2.40. The fourth-order valence-corrected chi connectivity index (χ4v) is 1.57. The van der Waals surface area contributed by atoms with Crippen molar-refractivity contribution in [3.8, 4) is 11.4 Å². The zero-order valence-electron chi connectivity index (χ0n) is 9.40. The van der Waals surface area contributed by atoms with Crippen LogP contribution in [0.5, 0.6) is 0 Å². The van der Waals surface area contributed by atoms with E-state index < -0.39 is 0 Å². The molecular formula is C12H16N4. The van der Waals surface area contributed by atoms with Crippen molar-refractivity contribution in [1.29, 1.82) is 0 Å². The number of rotatable bonds is 4. The lowest BCUT2D eigenvalue weighted by Crippen LogP contribution is -1.91. The number of nitrogen functional groups attached to an aromatic ring is 1. The summed E-state index contributed by atoms with van der Waals surface area (Å²) in [6.07, 6.45) is 3.22. The molecule has 4 nitrogen and oxygen atoms in total. The van der Waals surface area contributed by atoms with Crippen molar-refractivity contribution in [2.75, 3.05) is 5.73 Å². The molecule has 3 N–H and O–H groups in total. The average molecular weight is 216 g/mol. The lowest BCUT2D eigenvalue weighted by molar-refractivity contribution is 0.756. The van der Waals surface area contributed by atoms with Gasteiger partial charge < -0.3 is 5.73 Å². The van der Waals surface area contributed by atoms with Crippen LogP contribution < -0.4 is 5.73 Å². The summed E-state index contributed by atoms with van der Waals surface area (Å²) >= 11 is 0. The van der Waals surface area contributed by atoms with E-state index in [9.17, 15) is 0 Å². The van der Waals surface area contributed by atoms with Crippen LogP contribution in [0.2, 0.25) is 0 Å². The molecule has 1 aromatic heterocycles. The van der Waals surface area contributed by atoms with E-state index >= 15 is 0 Å². The first-order valence-corrected chi connectivity index (χ1v) is 5.57.